The van der Waals surface area contributed by atoms with E-state index in [0.29, 0.717) is 12.4 Å². The summed E-state index contributed by atoms with van der Waals surface area (Å²) in [4.78, 5) is 14.7. The molecular weight excluding hydrogens is 416 g/mol. The fraction of sp³-hybridized carbons (Fsp3) is 0.500. The summed E-state index contributed by atoms with van der Waals surface area (Å²) in [6.45, 7) is 8.74. The van der Waals surface area contributed by atoms with E-state index in [0.717, 1.165) is 24.3 Å². The van der Waals surface area contributed by atoms with E-state index < -0.39 is 0 Å². The van der Waals surface area contributed by atoms with E-state index in [1.807, 2.05) is 19.2 Å². The van der Waals surface area contributed by atoms with Crippen molar-refractivity contribution in [3.05, 3.63) is 47.4 Å². The van der Waals surface area contributed by atoms with Crippen LogP contribution in [0.2, 0.25) is 0 Å². The van der Waals surface area contributed by atoms with Gasteiger partial charge in [-0.3, -0.25) is 14.4 Å². The molecule has 1 aromatic carbocycles. The third kappa shape index (κ3) is 6.40. The molecule has 2 N–H and O–H groups in total. The van der Waals surface area contributed by atoms with E-state index in [4.69, 9.17) is 0 Å². The summed E-state index contributed by atoms with van der Waals surface area (Å²) in [5.41, 5.74) is 1.73. The lowest BCUT2D eigenvalue weighted by molar-refractivity contribution is -0.118. The molecule has 9 heteroatoms. The van der Waals surface area contributed by atoms with E-state index >= 15 is 0 Å². The van der Waals surface area contributed by atoms with Gasteiger partial charge in [-0.25, -0.2) is 4.39 Å². The molecule has 6 nitrogen and oxygen atoms in total. The number of nitrogens with one attached hydrogen (secondary N) is 2. The van der Waals surface area contributed by atoms with Gasteiger partial charge in [0.1, 0.15) is 11.6 Å². The summed E-state index contributed by atoms with van der Waals surface area (Å²) in [5.74, 6) is 0.330. The standard InChI is InChI=1S/C20H28FN5O.2ClH/c1-20(2,3)17-11-18(25(4)24-17)23-19(27)13-26-9-8-22-12-16(26)14-6-5-7-15(21)10-14;;/h5-7,10-11,16,22H,8-9,12-13H2,1-4H3,(H,23,27);2*1H. The van der Waals surface area contributed by atoms with Gasteiger partial charge in [0.15, 0.2) is 0 Å². The van der Waals surface area contributed by atoms with Crippen LogP contribution in [0.15, 0.2) is 30.3 Å². The van der Waals surface area contributed by atoms with E-state index in [2.05, 4.69) is 41.4 Å². The lowest BCUT2D eigenvalue weighted by Gasteiger charge is -2.36. The van der Waals surface area contributed by atoms with Crippen LogP contribution in [0.5, 0.6) is 0 Å². The Balaban J connectivity index is 0.00000210. The van der Waals surface area contributed by atoms with Crippen molar-refractivity contribution in [1.82, 2.24) is 20.0 Å². The van der Waals surface area contributed by atoms with Gasteiger partial charge in [-0.15, -0.1) is 24.8 Å². The minimum absolute atomic E-state index is 0. The largest absolute Gasteiger partial charge is 0.314 e. The normalized spacial score (nSPS) is 17.2. The van der Waals surface area contributed by atoms with Crippen molar-refractivity contribution in [2.24, 2.45) is 7.05 Å². The summed E-state index contributed by atoms with van der Waals surface area (Å²) in [7, 11) is 1.82. The van der Waals surface area contributed by atoms with Gasteiger partial charge in [0.05, 0.1) is 12.2 Å². The molecule has 29 heavy (non-hydrogen) atoms. The summed E-state index contributed by atoms with van der Waals surface area (Å²) < 4.78 is 15.3. The predicted molar refractivity (Wildman–Crippen MR) is 119 cm³/mol. The monoisotopic (exact) mass is 445 g/mol. The van der Waals surface area contributed by atoms with Crippen LogP contribution in [0.1, 0.15) is 38.1 Å². The Bertz CT molecular complexity index is 821. The van der Waals surface area contributed by atoms with Gasteiger partial charge in [0.2, 0.25) is 5.91 Å². The molecule has 0 spiro atoms. The maximum Gasteiger partial charge on any atom is 0.239 e. The topological polar surface area (TPSA) is 62.2 Å². The number of carbonyl (C=O) groups is 1. The molecule has 1 aliphatic rings. The van der Waals surface area contributed by atoms with Gasteiger partial charge in [-0.2, -0.15) is 5.10 Å². The number of benzene rings is 1. The van der Waals surface area contributed by atoms with Gasteiger partial charge in [-0.1, -0.05) is 32.9 Å². The predicted octanol–water partition coefficient (Wildman–Crippen LogP) is 3.29. The minimum Gasteiger partial charge on any atom is -0.314 e. The highest BCUT2D eigenvalue weighted by atomic mass is 35.5. The van der Waals surface area contributed by atoms with Crippen molar-refractivity contribution in [1.29, 1.82) is 0 Å². The Morgan fingerprint density at radius 2 is 2.03 bits per heavy atom. The molecule has 0 aliphatic carbocycles. The van der Waals surface area contributed by atoms with Gasteiger partial charge in [-0.05, 0) is 17.7 Å². The Hall–Kier alpha value is -1.67. The van der Waals surface area contributed by atoms with Crippen molar-refractivity contribution in [3.8, 4) is 0 Å². The van der Waals surface area contributed by atoms with Crippen LogP contribution in [0.4, 0.5) is 10.2 Å². The number of hydrogen-bond donors (Lipinski definition) is 2. The second-order valence-corrected chi connectivity index (χ2v) is 8.08. The molecule has 3 rings (SSSR count). The van der Waals surface area contributed by atoms with Crippen LogP contribution in [0, 0.1) is 5.82 Å². The second-order valence-electron chi connectivity index (χ2n) is 8.08. The lowest BCUT2D eigenvalue weighted by Crippen LogP contribution is -2.48. The number of rotatable bonds is 4. The molecule has 1 atom stereocenters. The molecule has 1 amide bonds. The van der Waals surface area contributed by atoms with Crippen LogP contribution in [-0.2, 0) is 17.3 Å². The van der Waals surface area contributed by atoms with Crippen molar-refractivity contribution >= 4 is 36.5 Å². The molecule has 1 fully saturated rings. The number of piperazine rings is 1. The van der Waals surface area contributed by atoms with Crippen molar-refractivity contribution in [3.63, 3.8) is 0 Å². The van der Waals surface area contributed by atoms with Gasteiger partial charge < -0.3 is 10.6 Å². The number of aromatic nitrogens is 2. The quantitative estimate of drug-likeness (QED) is 0.757. The first-order chi connectivity index (χ1) is 12.7. The summed E-state index contributed by atoms with van der Waals surface area (Å²) in [6, 6.07) is 8.48. The minimum atomic E-state index is -0.257. The van der Waals surface area contributed by atoms with Crippen molar-refractivity contribution in [2.45, 2.75) is 32.2 Å². The van der Waals surface area contributed by atoms with Crippen LogP contribution >= 0.6 is 24.8 Å². The Morgan fingerprint density at radius 1 is 1.31 bits per heavy atom. The van der Waals surface area contributed by atoms with E-state index in [-0.39, 0.29) is 54.5 Å². The van der Waals surface area contributed by atoms with Gasteiger partial charge in [0, 0.05) is 44.2 Å². The van der Waals surface area contributed by atoms with E-state index in [1.54, 1.807) is 16.8 Å². The fourth-order valence-corrected chi connectivity index (χ4v) is 3.30. The highest BCUT2D eigenvalue weighted by Crippen LogP contribution is 2.25. The molecule has 1 aromatic heterocycles. The summed E-state index contributed by atoms with van der Waals surface area (Å²) in [5, 5.41) is 10.8. The van der Waals surface area contributed by atoms with Crippen LogP contribution in [-0.4, -0.2) is 46.8 Å². The summed E-state index contributed by atoms with van der Waals surface area (Å²) >= 11 is 0. The third-order valence-electron chi connectivity index (χ3n) is 4.85. The Labute approximate surface area is 184 Å². The molecule has 1 unspecified atom stereocenters. The first kappa shape index (κ1) is 25.4. The smallest absolute Gasteiger partial charge is 0.239 e. The molecule has 2 aromatic rings. The number of nitrogens with zero attached hydrogens (tertiary/aromatic N) is 3. The maximum absolute atomic E-state index is 13.6. The zero-order chi connectivity index (χ0) is 19.6. The molecule has 1 aliphatic heterocycles. The SMILES string of the molecule is Cl.Cl.Cn1nc(C(C)(C)C)cc1NC(=O)CN1CCNCC1c1cccc(F)c1. The van der Waals surface area contributed by atoms with Crippen molar-refractivity contribution in [2.75, 3.05) is 31.5 Å². The van der Waals surface area contributed by atoms with Crippen LogP contribution in [0.3, 0.4) is 0 Å². The number of halogens is 3. The molecule has 0 saturated carbocycles. The number of anilines is 1. The zero-order valence-electron chi connectivity index (χ0n) is 17.2. The van der Waals surface area contributed by atoms with Gasteiger partial charge >= 0.3 is 0 Å². The Morgan fingerprint density at radius 3 is 2.66 bits per heavy atom. The number of aryl methyl sites for hydroxylation is 1. The lowest BCUT2D eigenvalue weighted by atomic mass is 9.92. The first-order valence-electron chi connectivity index (χ1n) is 9.28. The molecule has 0 radical (unpaired) electrons. The van der Waals surface area contributed by atoms with E-state index in [9.17, 15) is 9.18 Å². The number of hydrogen-bond acceptors (Lipinski definition) is 4. The highest BCUT2D eigenvalue weighted by molar-refractivity contribution is 5.91. The maximum atomic E-state index is 13.6. The van der Waals surface area contributed by atoms with E-state index in [1.165, 1.54) is 6.07 Å². The first-order valence-corrected chi connectivity index (χ1v) is 9.28. The second kappa shape index (κ2) is 10.4. The number of amides is 1. The van der Waals surface area contributed by atoms with Crippen molar-refractivity contribution < 1.29 is 9.18 Å². The zero-order valence-corrected chi connectivity index (χ0v) is 18.9. The average Bonchev–Trinajstić information content (AvgIpc) is 2.96. The molecule has 1 saturated heterocycles. The Kier molecular flexibility index (Phi) is 9.09. The fourth-order valence-electron chi connectivity index (χ4n) is 3.30. The average molecular weight is 446 g/mol. The van der Waals surface area contributed by atoms with Crippen LogP contribution < -0.4 is 10.6 Å². The molecular formula is C20H30Cl2FN5O. The molecule has 0 bridgehead atoms. The molecule has 2 heterocycles. The molecule has 162 valence electrons. The highest BCUT2D eigenvalue weighted by Gasteiger charge is 2.26. The van der Waals surface area contributed by atoms with Gasteiger partial charge in [0.25, 0.3) is 0 Å². The third-order valence-corrected chi connectivity index (χ3v) is 4.85. The van der Waals surface area contributed by atoms with Crippen LogP contribution in [0.25, 0.3) is 0 Å². The summed E-state index contributed by atoms with van der Waals surface area (Å²) in [6.07, 6.45) is 0. The number of carbonyl (C=O) groups excluding carboxylic acids is 1.